The van der Waals surface area contributed by atoms with E-state index in [4.69, 9.17) is 4.74 Å². The summed E-state index contributed by atoms with van der Waals surface area (Å²) in [5.41, 5.74) is 4.63. The highest BCUT2D eigenvalue weighted by molar-refractivity contribution is 6.82. The van der Waals surface area contributed by atoms with Crippen LogP contribution in [0.2, 0.25) is 16.6 Å². The van der Waals surface area contributed by atoms with Crippen molar-refractivity contribution in [2.75, 3.05) is 7.11 Å². The normalized spacial score (nSPS) is 13.2. The van der Waals surface area contributed by atoms with E-state index in [1.165, 1.54) is 19.6 Å². The molecule has 0 aliphatic heterocycles. The molecule has 0 bridgehead atoms. The summed E-state index contributed by atoms with van der Waals surface area (Å²) in [6, 6.07) is 8.34. The van der Waals surface area contributed by atoms with Gasteiger partial charge in [0, 0.05) is 29.6 Å². The minimum absolute atomic E-state index is 0.193. The van der Waals surface area contributed by atoms with Gasteiger partial charge >= 0.3 is 5.97 Å². The van der Waals surface area contributed by atoms with E-state index in [2.05, 4.69) is 75.5 Å². The second kappa shape index (κ2) is 9.21. The fraction of sp³-hybridized carbons (Fsp3) is 0.500. The Labute approximate surface area is 181 Å². The molecule has 0 aliphatic rings. The lowest BCUT2D eigenvalue weighted by atomic mass is 10.0. The van der Waals surface area contributed by atoms with Crippen LogP contribution in [-0.4, -0.2) is 31.5 Å². The molecule has 5 nitrogen and oxygen atoms in total. The summed E-state index contributed by atoms with van der Waals surface area (Å²) in [7, 11) is -0.677. The molecule has 2 rings (SSSR count). The van der Waals surface area contributed by atoms with Gasteiger partial charge < -0.3 is 14.3 Å². The van der Waals surface area contributed by atoms with Crippen molar-refractivity contribution in [3.05, 3.63) is 41.7 Å². The van der Waals surface area contributed by atoms with Crippen LogP contribution in [0.3, 0.4) is 0 Å². The molecule has 1 amide bonds. The summed E-state index contributed by atoms with van der Waals surface area (Å²) in [5.74, 6) is -0.839. The van der Waals surface area contributed by atoms with Crippen molar-refractivity contribution in [1.29, 1.82) is 0 Å². The molecule has 30 heavy (non-hydrogen) atoms. The van der Waals surface area contributed by atoms with Gasteiger partial charge in [-0.05, 0) is 35.2 Å². The van der Waals surface area contributed by atoms with E-state index in [1.54, 1.807) is 0 Å². The lowest BCUT2D eigenvalue weighted by Gasteiger charge is -2.44. The number of fused-ring (bicyclic) bond motifs is 1. The Morgan fingerprint density at radius 2 is 1.50 bits per heavy atom. The Morgan fingerprint density at radius 3 is 1.97 bits per heavy atom. The average Bonchev–Trinajstić information content (AvgIpc) is 3.04. The molecule has 0 saturated heterocycles. The predicted molar refractivity (Wildman–Crippen MR) is 127 cm³/mol. The number of carbonyl (C=O) groups is 2. The molecule has 0 saturated carbocycles. The Morgan fingerprint density at radius 1 is 0.967 bits per heavy atom. The van der Waals surface area contributed by atoms with Crippen molar-refractivity contribution in [3.8, 4) is 0 Å². The zero-order chi connectivity index (χ0) is 22.8. The van der Waals surface area contributed by atoms with Crippen LogP contribution >= 0.6 is 0 Å². The smallest absolute Gasteiger partial charge is 0.354 e. The van der Waals surface area contributed by atoms with Crippen LogP contribution in [0.25, 0.3) is 16.5 Å². The van der Waals surface area contributed by atoms with Crippen LogP contribution in [0.15, 0.2) is 36.2 Å². The summed E-state index contributed by atoms with van der Waals surface area (Å²) in [4.78, 5) is 24.2. The van der Waals surface area contributed by atoms with Gasteiger partial charge in [-0.25, -0.2) is 4.79 Å². The van der Waals surface area contributed by atoms with E-state index in [0.29, 0.717) is 22.2 Å². The highest BCUT2D eigenvalue weighted by Crippen LogP contribution is 2.45. The van der Waals surface area contributed by atoms with Crippen LogP contribution in [0.5, 0.6) is 0 Å². The van der Waals surface area contributed by atoms with Crippen LogP contribution in [0.1, 0.15) is 61.0 Å². The zero-order valence-electron chi connectivity index (χ0n) is 19.8. The molecule has 2 aromatic rings. The number of carbonyl (C=O) groups excluding carboxylic acids is 2. The molecular weight excluding hydrogens is 392 g/mol. The fourth-order valence-electron chi connectivity index (χ4n) is 5.34. The van der Waals surface area contributed by atoms with E-state index >= 15 is 0 Å². The lowest BCUT2D eigenvalue weighted by Crippen LogP contribution is -2.51. The van der Waals surface area contributed by atoms with Crippen molar-refractivity contribution < 1.29 is 14.3 Å². The van der Waals surface area contributed by atoms with Gasteiger partial charge in [-0.2, -0.15) is 0 Å². The van der Waals surface area contributed by atoms with Gasteiger partial charge in [-0.1, -0.05) is 59.7 Å². The summed E-state index contributed by atoms with van der Waals surface area (Å²) in [5, 5.41) is 3.76. The summed E-state index contributed by atoms with van der Waals surface area (Å²) in [6.45, 7) is 17.3. The third-order valence-electron chi connectivity index (χ3n) is 6.37. The fourth-order valence-corrected chi connectivity index (χ4v) is 12.0. The van der Waals surface area contributed by atoms with E-state index in [1.807, 2.05) is 13.0 Å². The maximum Gasteiger partial charge on any atom is 0.354 e. The number of para-hydroxylation sites is 1. The predicted octanol–water partition coefficient (Wildman–Crippen LogP) is 5.71. The number of ether oxygens (including phenoxy) is 1. The van der Waals surface area contributed by atoms with Gasteiger partial charge in [0.15, 0.2) is 8.24 Å². The molecule has 1 heterocycles. The molecule has 1 aromatic heterocycles. The first kappa shape index (κ1) is 23.9. The highest BCUT2D eigenvalue weighted by Gasteiger charge is 2.46. The standard InChI is InChI=1S/C24H36N2O3Si/c1-15(2)30(16(3)4,17(5)6)26-14-21(20-12-10-11-13-22(20)26)18(7)23(24(28)29-9)25-19(8)27/h10-17H,1-9H3,(H,25,27)/b23-18-. The van der Waals surface area contributed by atoms with E-state index in [-0.39, 0.29) is 11.6 Å². The number of amides is 1. The lowest BCUT2D eigenvalue weighted by molar-refractivity contribution is -0.137. The molecule has 0 fully saturated rings. The third-order valence-corrected chi connectivity index (χ3v) is 13.1. The number of hydrogen-bond donors (Lipinski definition) is 1. The first-order chi connectivity index (χ1) is 14.0. The van der Waals surface area contributed by atoms with Crippen molar-refractivity contribution in [2.45, 2.75) is 72.0 Å². The van der Waals surface area contributed by atoms with Crippen molar-refractivity contribution in [3.63, 3.8) is 0 Å². The highest BCUT2D eigenvalue weighted by atomic mass is 28.3. The van der Waals surface area contributed by atoms with Gasteiger partial charge in [0.05, 0.1) is 7.11 Å². The Bertz CT molecular complexity index is 948. The van der Waals surface area contributed by atoms with Crippen LogP contribution in [0, 0.1) is 0 Å². The van der Waals surface area contributed by atoms with Gasteiger partial charge in [-0.15, -0.1) is 0 Å². The Balaban J connectivity index is 2.94. The monoisotopic (exact) mass is 428 g/mol. The molecule has 0 aliphatic carbocycles. The number of benzene rings is 1. The van der Waals surface area contributed by atoms with Crippen molar-refractivity contribution >= 4 is 36.6 Å². The van der Waals surface area contributed by atoms with Gasteiger partial charge in [-0.3, -0.25) is 4.79 Å². The van der Waals surface area contributed by atoms with Crippen LogP contribution in [0.4, 0.5) is 0 Å². The zero-order valence-corrected chi connectivity index (χ0v) is 20.8. The molecule has 6 heteroatoms. The summed E-state index contributed by atoms with van der Waals surface area (Å²) in [6.07, 6.45) is 2.21. The minimum atomic E-state index is -2.00. The number of aromatic nitrogens is 1. The molecule has 1 N–H and O–H groups in total. The second-order valence-corrected chi connectivity index (χ2v) is 14.7. The maximum absolute atomic E-state index is 12.4. The van der Waals surface area contributed by atoms with Crippen molar-refractivity contribution in [1.82, 2.24) is 9.55 Å². The Kier molecular flexibility index (Phi) is 7.34. The van der Waals surface area contributed by atoms with Crippen LogP contribution in [-0.2, 0) is 14.3 Å². The molecule has 0 unspecified atom stereocenters. The molecule has 1 aromatic carbocycles. The number of rotatable bonds is 7. The van der Waals surface area contributed by atoms with E-state index in [0.717, 1.165) is 10.9 Å². The van der Waals surface area contributed by atoms with Gasteiger partial charge in [0.1, 0.15) is 5.70 Å². The Hall–Kier alpha value is -2.34. The number of nitrogens with one attached hydrogen (secondary N) is 1. The summed E-state index contributed by atoms with van der Waals surface area (Å²) >= 11 is 0. The number of methoxy groups -OCH3 is 1. The van der Waals surface area contributed by atoms with Gasteiger partial charge in [0.25, 0.3) is 0 Å². The summed E-state index contributed by atoms with van der Waals surface area (Å²) < 4.78 is 7.48. The maximum atomic E-state index is 12.4. The largest absolute Gasteiger partial charge is 0.464 e. The number of nitrogens with zero attached hydrogens (tertiary/aromatic N) is 1. The number of hydrogen-bond acceptors (Lipinski definition) is 3. The van der Waals surface area contributed by atoms with Crippen LogP contribution < -0.4 is 5.32 Å². The first-order valence-electron chi connectivity index (χ1n) is 10.7. The van der Waals surface area contributed by atoms with Gasteiger partial charge in [0.2, 0.25) is 5.91 Å². The second-order valence-electron chi connectivity index (χ2n) is 8.95. The van der Waals surface area contributed by atoms with E-state index in [9.17, 15) is 9.59 Å². The molecule has 0 spiro atoms. The number of esters is 1. The molecule has 0 radical (unpaired) electrons. The SMILES string of the molecule is COC(=O)/C(NC(C)=O)=C(\C)c1cn([Si](C(C)C)(C(C)C)C(C)C)c2ccccc12. The first-order valence-corrected chi connectivity index (χ1v) is 12.9. The van der Waals surface area contributed by atoms with E-state index < -0.39 is 14.2 Å². The van der Waals surface area contributed by atoms with Crippen molar-refractivity contribution in [2.24, 2.45) is 0 Å². The minimum Gasteiger partial charge on any atom is -0.464 e. The molecule has 0 atom stereocenters. The third kappa shape index (κ3) is 3.97. The molecular formula is C24H36N2O3Si. The molecule has 164 valence electrons. The quantitative estimate of drug-likeness (QED) is 0.349. The average molecular weight is 429 g/mol. The number of allylic oxidation sites excluding steroid dienone is 1. The topological polar surface area (TPSA) is 60.3 Å².